The van der Waals surface area contributed by atoms with Crippen molar-refractivity contribution in [1.29, 1.82) is 0 Å². The number of hydrogen-bond donors (Lipinski definition) is 3. The molecule has 3 N–H and O–H groups in total. The van der Waals surface area contributed by atoms with Crippen LogP contribution in [0.1, 0.15) is 23.2 Å². The molecule has 1 saturated heterocycles. The fourth-order valence-corrected chi connectivity index (χ4v) is 3.77. The van der Waals surface area contributed by atoms with Crippen LogP contribution in [0.25, 0.3) is 11.0 Å². The Hall–Kier alpha value is -1.95. The maximum absolute atomic E-state index is 13.8. The maximum atomic E-state index is 13.8. The fraction of sp³-hybridized carbons (Fsp3) is 0.529. The highest BCUT2D eigenvalue weighted by Crippen LogP contribution is 2.34. The standard InChI is InChI=1S/C17H22FN5/c1-9-10-4-3-5-12(10)22-17-16(9)13(19-2)6-15(23-17)21-14-8-20-7-11(14)18/h6,11,14,20H,3-5,7-8H2,1-2H3,(H2,19,21,22,23)/t11-,14+/m1/s1. The molecule has 0 radical (unpaired) electrons. The zero-order valence-electron chi connectivity index (χ0n) is 13.5. The molecule has 2 aromatic rings. The lowest BCUT2D eigenvalue weighted by Gasteiger charge is -2.18. The van der Waals surface area contributed by atoms with E-state index in [0.29, 0.717) is 18.9 Å². The molecule has 0 saturated carbocycles. The number of aryl methyl sites for hydroxylation is 2. The number of hydrogen-bond acceptors (Lipinski definition) is 5. The van der Waals surface area contributed by atoms with E-state index in [1.807, 2.05) is 13.1 Å². The van der Waals surface area contributed by atoms with E-state index in [2.05, 4.69) is 27.9 Å². The van der Waals surface area contributed by atoms with Gasteiger partial charge in [-0.25, -0.2) is 14.4 Å². The maximum Gasteiger partial charge on any atom is 0.164 e. The highest BCUT2D eigenvalue weighted by Gasteiger charge is 2.27. The van der Waals surface area contributed by atoms with Crippen molar-refractivity contribution in [2.75, 3.05) is 30.8 Å². The molecule has 0 spiro atoms. The van der Waals surface area contributed by atoms with Crippen molar-refractivity contribution in [1.82, 2.24) is 15.3 Å². The number of rotatable bonds is 3. The number of pyridine rings is 2. The third-order valence-electron chi connectivity index (χ3n) is 5.00. The molecule has 6 heteroatoms. The molecular formula is C17H22FN5. The number of nitrogens with zero attached hydrogens (tertiary/aromatic N) is 2. The van der Waals surface area contributed by atoms with Gasteiger partial charge in [0.2, 0.25) is 0 Å². The van der Waals surface area contributed by atoms with E-state index >= 15 is 0 Å². The van der Waals surface area contributed by atoms with Crippen LogP contribution in [0.2, 0.25) is 0 Å². The second-order valence-electron chi connectivity index (χ2n) is 6.44. The highest BCUT2D eigenvalue weighted by atomic mass is 19.1. The van der Waals surface area contributed by atoms with E-state index in [4.69, 9.17) is 4.98 Å². The minimum atomic E-state index is -0.889. The molecule has 23 heavy (non-hydrogen) atoms. The number of alkyl halides is 1. The summed E-state index contributed by atoms with van der Waals surface area (Å²) in [4.78, 5) is 9.44. The molecule has 2 aliphatic rings. The Morgan fingerprint density at radius 1 is 1.26 bits per heavy atom. The monoisotopic (exact) mass is 315 g/mol. The molecule has 0 amide bonds. The quantitative estimate of drug-likeness (QED) is 0.810. The molecule has 2 aromatic heterocycles. The van der Waals surface area contributed by atoms with Crippen LogP contribution in [0.5, 0.6) is 0 Å². The molecule has 4 rings (SSSR count). The summed E-state index contributed by atoms with van der Waals surface area (Å²) in [6, 6.07) is 1.73. The molecule has 1 aliphatic carbocycles. The van der Waals surface area contributed by atoms with Gasteiger partial charge in [-0.05, 0) is 37.3 Å². The lowest BCUT2D eigenvalue weighted by Crippen LogP contribution is -2.29. The van der Waals surface area contributed by atoms with Gasteiger partial charge in [-0.15, -0.1) is 0 Å². The third-order valence-corrected chi connectivity index (χ3v) is 5.00. The van der Waals surface area contributed by atoms with Crippen molar-refractivity contribution in [3.63, 3.8) is 0 Å². The zero-order valence-corrected chi connectivity index (χ0v) is 13.5. The number of anilines is 2. The summed E-state index contributed by atoms with van der Waals surface area (Å²) in [5.74, 6) is 0.683. The van der Waals surface area contributed by atoms with E-state index in [1.165, 1.54) is 16.8 Å². The fourth-order valence-electron chi connectivity index (χ4n) is 3.77. The molecule has 1 fully saturated rings. The molecular weight excluding hydrogens is 293 g/mol. The molecule has 0 bridgehead atoms. The Labute approximate surface area is 135 Å². The van der Waals surface area contributed by atoms with Crippen LogP contribution in [-0.4, -0.2) is 42.3 Å². The lowest BCUT2D eigenvalue weighted by atomic mass is 10.0. The van der Waals surface area contributed by atoms with Crippen molar-refractivity contribution in [3.8, 4) is 0 Å². The summed E-state index contributed by atoms with van der Waals surface area (Å²) in [6.07, 6.45) is 2.40. The normalized spacial score (nSPS) is 23.3. The lowest BCUT2D eigenvalue weighted by molar-refractivity contribution is 0.342. The van der Waals surface area contributed by atoms with Crippen LogP contribution in [0.3, 0.4) is 0 Å². The number of aromatic nitrogens is 2. The van der Waals surface area contributed by atoms with Crippen LogP contribution in [0.15, 0.2) is 6.07 Å². The molecule has 3 heterocycles. The van der Waals surface area contributed by atoms with Gasteiger partial charge in [0.05, 0.1) is 6.04 Å². The van der Waals surface area contributed by atoms with Crippen LogP contribution in [0.4, 0.5) is 15.9 Å². The minimum Gasteiger partial charge on any atom is -0.387 e. The minimum absolute atomic E-state index is 0.236. The molecule has 0 aromatic carbocycles. The Morgan fingerprint density at radius 2 is 2.13 bits per heavy atom. The van der Waals surface area contributed by atoms with E-state index in [-0.39, 0.29) is 6.04 Å². The topological polar surface area (TPSA) is 61.9 Å². The highest BCUT2D eigenvalue weighted by molar-refractivity contribution is 5.94. The van der Waals surface area contributed by atoms with Crippen LogP contribution >= 0.6 is 0 Å². The van der Waals surface area contributed by atoms with Crippen molar-refractivity contribution in [3.05, 3.63) is 22.9 Å². The first-order valence-electron chi connectivity index (χ1n) is 8.29. The van der Waals surface area contributed by atoms with Crippen molar-refractivity contribution in [2.45, 2.75) is 38.4 Å². The number of fused-ring (bicyclic) bond motifs is 2. The van der Waals surface area contributed by atoms with Gasteiger partial charge in [0.25, 0.3) is 0 Å². The smallest absolute Gasteiger partial charge is 0.164 e. The largest absolute Gasteiger partial charge is 0.387 e. The molecule has 1 aliphatic heterocycles. The van der Waals surface area contributed by atoms with E-state index in [1.54, 1.807) is 0 Å². The Kier molecular flexibility index (Phi) is 3.56. The predicted molar refractivity (Wildman–Crippen MR) is 91.0 cm³/mol. The summed E-state index contributed by atoms with van der Waals surface area (Å²) in [6.45, 7) is 3.17. The van der Waals surface area contributed by atoms with Gasteiger partial charge in [0.15, 0.2) is 5.65 Å². The summed E-state index contributed by atoms with van der Waals surface area (Å²) in [5.41, 5.74) is 5.57. The van der Waals surface area contributed by atoms with Crippen LogP contribution < -0.4 is 16.0 Å². The van der Waals surface area contributed by atoms with Gasteiger partial charge in [0, 0.05) is 43.0 Å². The van der Waals surface area contributed by atoms with E-state index in [0.717, 1.165) is 36.0 Å². The van der Waals surface area contributed by atoms with Gasteiger partial charge in [0.1, 0.15) is 12.0 Å². The first-order valence-corrected chi connectivity index (χ1v) is 8.29. The van der Waals surface area contributed by atoms with Gasteiger partial charge in [-0.3, -0.25) is 0 Å². The molecule has 5 nitrogen and oxygen atoms in total. The van der Waals surface area contributed by atoms with Crippen molar-refractivity contribution < 1.29 is 4.39 Å². The first kappa shape index (κ1) is 14.6. The Balaban J connectivity index is 1.80. The number of nitrogens with one attached hydrogen (secondary N) is 3. The van der Waals surface area contributed by atoms with Crippen molar-refractivity contribution >= 4 is 22.5 Å². The zero-order chi connectivity index (χ0) is 16.0. The van der Waals surface area contributed by atoms with Gasteiger partial charge >= 0.3 is 0 Å². The second-order valence-corrected chi connectivity index (χ2v) is 6.44. The first-order chi connectivity index (χ1) is 11.2. The molecule has 122 valence electrons. The summed E-state index contributed by atoms with van der Waals surface area (Å²) in [7, 11) is 1.90. The predicted octanol–water partition coefficient (Wildman–Crippen LogP) is 2.19. The van der Waals surface area contributed by atoms with Gasteiger partial charge < -0.3 is 16.0 Å². The summed E-state index contributed by atoms with van der Waals surface area (Å²) < 4.78 is 13.8. The van der Waals surface area contributed by atoms with Gasteiger partial charge in [-0.1, -0.05) is 0 Å². The number of halogens is 1. The average molecular weight is 315 g/mol. The second kappa shape index (κ2) is 5.60. The average Bonchev–Trinajstić information content (AvgIpc) is 3.16. The Bertz CT molecular complexity index is 760. The third kappa shape index (κ3) is 2.41. The SMILES string of the molecule is CNc1cc(N[C@H]2CNC[C@H]2F)nc2nc3c(c(C)c12)CCC3. The Morgan fingerprint density at radius 3 is 2.87 bits per heavy atom. The van der Waals surface area contributed by atoms with E-state index in [9.17, 15) is 4.39 Å². The van der Waals surface area contributed by atoms with Crippen LogP contribution in [0, 0.1) is 6.92 Å². The molecule has 2 atom stereocenters. The molecule has 0 unspecified atom stereocenters. The summed E-state index contributed by atoms with van der Waals surface area (Å²) >= 11 is 0. The van der Waals surface area contributed by atoms with E-state index < -0.39 is 6.17 Å². The van der Waals surface area contributed by atoms with Crippen molar-refractivity contribution in [2.24, 2.45) is 0 Å². The van der Waals surface area contributed by atoms with Crippen LogP contribution in [-0.2, 0) is 12.8 Å². The van der Waals surface area contributed by atoms with Gasteiger partial charge in [-0.2, -0.15) is 0 Å². The summed E-state index contributed by atoms with van der Waals surface area (Å²) in [5, 5.41) is 10.6.